The lowest BCUT2D eigenvalue weighted by molar-refractivity contribution is -0.137. The first-order valence-corrected chi connectivity index (χ1v) is 6.32. The van der Waals surface area contributed by atoms with Crippen LogP contribution < -0.4 is 0 Å². The molecule has 0 aliphatic carbocycles. The molecule has 0 spiro atoms. The minimum Gasteiger partial charge on any atom is -0.256 e. The Balaban J connectivity index is 2.36. The lowest BCUT2D eigenvalue weighted by Crippen LogP contribution is -2.05. The molecule has 104 valence electrons. The van der Waals surface area contributed by atoms with Gasteiger partial charge in [-0.2, -0.15) is 13.2 Å². The highest BCUT2D eigenvalue weighted by atomic mass is 79.9. The molecule has 6 heteroatoms. The van der Waals surface area contributed by atoms with Crippen LogP contribution in [0.4, 0.5) is 23.2 Å². The molecule has 0 aliphatic heterocycles. The summed E-state index contributed by atoms with van der Waals surface area (Å²) in [5.41, 5.74) is -0.765. The van der Waals surface area contributed by atoms with Crippen molar-refractivity contribution < 1.29 is 17.6 Å². The molecule has 0 atom stereocenters. The first-order valence-electron chi connectivity index (χ1n) is 5.52. The number of nitrogens with zero attached hydrogens (tertiary/aromatic N) is 1. The standard InChI is InChI=1S/C14H8BrF4N/c15-10-3-1-9(2-4-10)8-20-13-6-5-11(16)7-12(13)14(17,18)19/h1-8H/b20-8+. The zero-order chi connectivity index (χ0) is 14.8. The molecule has 0 saturated heterocycles. The Bertz CT molecular complexity index is 633. The van der Waals surface area contributed by atoms with Gasteiger partial charge in [0.15, 0.2) is 0 Å². The number of halogens is 5. The van der Waals surface area contributed by atoms with E-state index in [4.69, 9.17) is 0 Å². The van der Waals surface area contributed by atoms with E-state index < -0.39 is 17.6 Å². The summed E-state index contributed by atoms with van der Waals surface area (Å²) < 4.78 is 52.1. The Morgan fingerprint density at radius 3 is 2.25 bits per heavy atom. The molecule has 0 aliphatic rings. The second-order valence-electron chi connectivity index (χ2n) is 3.97. The maximum Gasteiger partial charge on any atom is 0.418 e. The van der Waals surface area contributed by atoms with Crippen molar-refractivity contribution in [3.05, 3.63) is 63.9 Å². The topological polar surface area (TPSA) is 12.4 Å². The van der Waals surface area contributed by atoms with E-state index in [0.717, 1.165) is 16.6 Å². The van der Waals surface area contributed by atoms with Gasteiger partial charge in [0.05, 0.1) is 11.3 Å². The molecule has 0 heterocycles. The maximum absolute atomic E-state index is 12.9. The average molecular weight is 346 g/mol. The van der Waals surface area contributed by atoms with Gasteiger partial charge in [0, 0.05) is 10.7 Å². The van der Waals surface area contributed by atoms with Crippen molar-refractivity contribution >= 4 is 27.8 Å². The zero-order valence-corrected chi connectivity index (χ0v) is 11.5. The van der Waals surface area contributed by atoms with Crippen molar-refractivity contribution in [2.24, 2.45) is 4.99 Å². The third kappa shape index (κ3) is 3.66. The predicted octanol–water partition coefficient (Wildman–Crippen LogP) is 5.36. The molecule has 0 bridgehead atoms. The quantitative estimate of drug-likeness (QED) is 0.513. The summed E-state index contributed by atoms with van der Waals surface area (Å²) in [4.78, 5) is 3.79. The average Bonchev–Trinajstić information content (AvgIpc) is 2.38. The molecule has 2 aromatic carbocycles. The molecule has 0 radical (unpaired) electrons. The highest BCUT2D eigenvalue weighted by Gasteiger charge is 2.33. The molecule has 0 saturated carbocycles. The van der Waals surface area contributed by atoms with Crippen molar-refractivity contribution in [3.63, 3.8) is 0 Å². The monoisotopic (exact) mass is 345 g/mol. The lowest BCUT2D eigenvalue weighted by atomic mass is 10.1. The van der Waals surface area contributed by atoms with E-state index in [1.807, 2.05) is 0 Å². The third-order valence-electron chi connectivity index (χ3n) is 2.49. The van der Waals surface area contributed by atoms with Crippen LogP contribution in [0.1, 0.15) is 11.1 Å². The van der Waals surface area contributed by atoms with E-state index in [1.54, 1.807) is 24.3 Å². The van der Waals surface area contributed by atoms with Crippen molar-refractivity contribution in [2.75, 3.05) is 0 Å². The predicted molar refractivity (Wildman–Crippen MR) is 72.8 cm³/mol. The van der Waals surface area contributed by atoms with Crippen molar-refractivity contribution in [2.45, 2.75) is 6.18 Å². The molecule has 0 fully saturated rings. The highest BCUT2D eigenvalue weighted by Crippen LogP contribution is 2.36. The van der Waals surface area contributed by atoms with Crippen molar-refractivity contribution in [1.82, 2.24) is 0 Å². The summed E-state index contributed by atoms with van der Waals surface area (Å²) in [7, 11) is 0. The Labute approximate surface area is 121 Å². The summed E-state index contributed by atoms with van der Waals surface area (Å²) in [5, 5.41) is 0. The van der Waals surface area contributed by atoms with E-state index in [0.29, 0.717) is 11.6 Å². The second kappa shape index (κ2) is 5.75. The van der Waals surface area contributed by atoms with E-state index in [9.17, 15) is 17.6 Å². The van der Waals surface area contributed by atoms with Gasteiger partial charge in [-0.05, 0) is 35.9 Å². The SMILES string of the molecule is Fc1ccc(/N=C/c2ccc(Br)cc2)c(C(F)(F)F)c1. The maximum atomic E-state index is 12.9. The van der Waals surface area contributed by atoms with Crippen LogP contribution in [-0.2, 0) is 6.18 Å². The van der Waals surface area contributed by atoms with E-state index >= 15 is 0 Å². The molecule has 0 unspecified atom stereocenters. The van der Waals surface area contributed by atoms with Gasteiger partial charge in [-0.25, -0.2) is 4.39 Å². The minimum absolute atomic E-state index is 0.318. The molecule has 2 rings (SSSR count). The largest absolute Gasteiger partial charge is 0.418 e. The Morgan fingerprint density at radius 1 is 1.00 bits per heavy atom. The van der Waals surface area contributed by atoms with Crippen LogP contribution >= 0.6 is 15.9 Å². The number of hydrogen-bond donors (Lipinski definition) is 0. The first kappa shape index (κ1) is 14.7. The Kier molecular flexibility index (Phi) is 4.23. The molecular weight excluding hydrogens is 338 g/mol. The summed E-state index contributed by atoms with van der Waals surface area (Å²) in [6, 6.07) is 9.29. The number of benzene rings is 2. The number of rotatable bonds is 2. The fourth-order valence-electron chi connectivity index (χ4n) is 1.54. The third-order valence-corrected chi connectivity index (χ3v) is 3.02. The fourth-order valence-corrected chi connectivity index (χ4v) is 1.81. The van der Waals surface area contributed by atoms with Crippen LogP contribution in [0.2, 0.25) is 0 Å². The molecule has 0 N–H and O–H groups in total. The van der Waals surface area contributed by atoms with Crippen LogP contribution in [0.3, 0.4) is 0 Å². The number of aliphatic imine (C=N–C) groups is 1. The Morgan fingerprint density at radius 2 is 1.65 bits per heavy atom. The van der Waals surface area contributed by atoms with Gasteiger partial charge < -0.3 is 0 Å². The normalized spacial score (nSPS) is 12.1. The van der Waals surface area contributed by atoms with Gasteiger partial charge in [0.1, 0.15) is 5.82 Å². The minimum atomic E-state index is -4.64. The van der Waals surface area contributed by atoms with Gasteiger partial charge in [-0.3, -0.25) is 4.99 Å². The van der Waals surface area contributed by atoms with Crippen LogP contribution in [0.5, 0.6) is 0 Å². The van der Waals surface area contributed by atoms with E-state index in [2.05, 4.69) is 20.9 Å². The zero-order valence-electron chi connectivity index (χ0n) is 9.96. The van der Waals surface area contributed by atoms with Crippen LogP contribution in [-0.4, -0.2) is 6.21 Å². The fraction of sp³-hybridized carbons (Fsp3) is 0.0714. The molecule has 0 aromatic heterocycles. The smallest absolute Gasteiger partial charge is 0.256 e. The second-order valence-corrected chi connectivity index (χ2v) is 4.88. The van der Waals surface area contributed by atoms with E-state index in [-0.39, 0.29) is 5.69 Å². The van der Waals surface area contributed by atoms with Gasteiger partial charge >= 0.3 is 6.18 Å². The van der Waals surface area contributed by atoms with Crippen molar-refractivity contribution in [1.29, 1.82) is 0 Å². The summed E-state index contributed by atoms with van der Waals surface area (Å²) >= 11 is 3.25. The lowest BCUT2D eigenvalue weighted by Gasteiger charge is -2.09. The highest BCUT2D eigenvalue weighted by molar-refractivity contribution is 9.10. The summed E-state index contributed by atoms with van der Waals surface area (Å²) in [5.74, 6) is -0.945. The van der Waals surface area contributed by atoms with Crippen LogP contribution in [0.25, 0.3) is 0 Å². The summed E-state index contributed by atoms with van der Waals surface area (Å²) in [6.45, 7) is 0. The number of alkyl halides is 3. The van der Waals surface area contributed by atoms with E-state index in [1.165, 1.54) is 6.21 Å². The number of hydrogen-bond acceptors (Lipinski definition) is 1. The molecular formula is C14H8BrF4N. The van der Waals surface area contributed by atoms with Crippen LogP contribution in [0.15, 0.2) is 51.9 Å². The van der Waals surface area contributed by atoms with Gasteiger partial charge in [-0.1, -0.05) is 28.1 Å². The van der Waals surface area contributed by atoms with Gasteiger partial charge in [0.25, 0.3) is 0 Å². The van der Waals surface area contributed by atoms with Gasteiger partial charge in [-0.15, -0.1) is 0 Å². The first-order chi connectivity index (χ1) is 9.36. The van der Waals surface area contributed by atoms with Crippen molar-refractivity contribution in [3.8, 4) is 0 Å². The van der Waals surface area contributed by atoms with Gasteiger partial charge in [0.2, 0.25) is 0 Å². The summed E-state index contributed by atoms with van der Waals surface area (Å²) in [6.07, 6.45) is -3.34. The Hall–Kier alpha value is -1.69. The molecule has 20 heavy (non-hydrogen) atoms. The molecule has 1 nitrogen and oxygen atoms in total. The molecule has 0 amide bonds. The van der Waals surface area contributed by atoms with Crippen LogP contribution in [0, 0.1) is 5.82 Å². The molecule has 2 aromatic rings.